The first kappa shape index (κ1) is 20.7. The number of nitrogens with zero attached hydrogens (tertiary/aromatic N) is 4. The summed E-state index contributed by atoms with van der Waals surface area (Å²) in [6.45, 7) is 2.03. The average Bonchev–Trinajstić information content (AvgIpc) is 3.34. The summed E-state index contributed by atoms with van der Waals surface area (Å²) in [5.74, 6) is 0.534. The Morgan fingerprint density at radius 2 is 1.70 bits per heavy atom. The monoisotopic (exact) mass is 448 g/mol. The van der Waals surface area contributed by atoms with Crippen molar-refractivity contribution in [1.82, 2.24) is 14.1 Å². The number of thiazole rings is 1. The van der Waals surface area contributed by atoms with Crippen LogP contribution in [0.2, 0.25) is 0 Å². The lowest BCUT2D eigenvalue weighted by Crippen LogP contribution is -2.31. The number of fused-ring (bicyclic) bond motifs is 1. The molecule has 0 bridgehead atoms. The number of aryl methyl sites for hydroxylation is 2. The van der Waals surface area contributed by atoms with Crippen LogP contribution < -0.4 is 14.8 Å². The van der Waals surface area contributed by atoms with E-state index in [-0.39, 0.29) is 5.56 Å². The van der Waals surface area contributed by atoms with E-state index in [2.05, 4.69) is 6.07 Å². The maximum atomic E-state index is 13.6. The van der Waals surface area contributed by atoms with E-state index in [0.717, 1.165) is 22.2 Å². The third kappa shape index (κ3) is 3.69. The number of rotatable bonds is 3. The number of nitriles is 1. The van der Waals surface area contributed by atoms with Crippen molar-refractivity contribution in [1.29, 1.82) is 5.26 Å². The van der Waals surface area contributed by atoms with Crippen LogP contribution in [-0.2, 0) is 7.05 Å². The van der Waals surface area contributed by atoms with Gasteiger partial charge < -0.3 is 4.57 Å². The van der Waals surface area contributed by atoms with Gasteiger partial charge in [0, 0.05) is 7.05 Å². The third-order valence-corrected chi connectivity index (χ3v) is 6.64. The standard InChI is InChI=1S/C27H20N4OS/c1-18-12-14-19(15-13-18)16-24-26(32)31(20-8-4-3-5-9-20)27(33-24)21(17-28)25-29-22-10-6-7-11-23(22)30(25)2/h3-16H,1-2H3/b24-16-,27-21-. The van der Waals surface area contributed by atoms with Gasteiger partial charge in [0.25, 0.3) is 5.56 Å². The molecule has 3 aromatic carbocycles. The lowest BCUT2D eigenvalue weighted by atomic mass is 10.1. The van der Waals surface area contributed by atoms with Crippen molar-refractivity contribution in [2.75, 3.05) is 0 Å². The summed E-state index contributed by atoms with van der Waals surface area (Å²) in [5.41, 5.74) is 4.74. The fraction of sp³-hybridized carbons (Fsp3) is 0.0741. The fourth-order valence-electron chi connectivity index (χ4n) is 3.84. The molecule has 0 saturated carbocycles. The van der Waals surface area contributed by atoms with Crippen molar-refractivity contribution in [2.24, 2.45) is 7.05 Å². The lowest BCUT2D eigenvalue weighted by molar-refractivity contribution is 0.915. The minimum atomic E-state index is -0.159. The second kappa shape index (κ2) is 8.38. The SMILES string of the molecule is Cc1ccc(/C=c2\s/c(=C(/C#N)c3nc4ccccc4n3C)n(-c3ccccc3)c2=O)cc1. The summed E-state index contributed by atoms with van der Waals surface area (Å²) in [7, 11) is 1.89. The number of aromatic nitrogens is 3. The summed E-state index contributed by atoms with van der Waals surface area (Å²) in [5, 5.41) is 10.2. The molecule has 0 spiro atoms. The number of imidazole rings is 1. The van der Waals surface area contributed by atoms with E-state index < -0.39 is 0 Å². The van der Waals surface area contributed by atoms with Crippen LogP contribution in [-0.4, -0.2) is 14.1 Å². The van der Waals surface area contributed by atoms with Gasteiger partial charge in [-0.3, -0.25) is 9.36 Å². The topological polar surface area (TPSA) is 63.6 Å². The van der Waals surface area contributed by atoms with Gasteiger partial charge in [-0.05, 0) is 42.8 Å². The average molecular weight is 449 g/mol. The van der Waals surface area contributed by atoms with Crippen molar-refractivity contribution in [3.63, 3.8) is 0 Å². The molecule has 0 atom stereocenters. The van der Waals surface area contributed by atoms with Gasteiger partial charge in [-0.15, -0.1) is 11.3 Å². The molecule has 0 unspecified atom stereocenters. The van der Waals surface area contributed by atoms with E-state index >= 15 is 0 Å². The molecule has 2 aromatic heterocycles. The zero-order valence-electron chi connectivity index (χ0n) is 18.2. The fourth-order valence-corrected chi connectivity index (χ4v) is 4.94. The van der Waals surface area contributed by atoms with Gasteiger partial charge >= 0.3 is 0 Å². The predicted molar refractivity (Wildman–Crippen MR) is 133 cm³/mol. The van der Waals surface area contributed by atoms with Crippen molar-refractivity contribution in [2.45, 2.75) is 6.92 Å². The largest absolute Gasteiger partial charge is 0.326 e. The van der Waals surface area contributed by atoms with Gasteiger partial charge in [0.1, 0.15) is 16.3 Å². The summed E-state index contributed by atoms with van der Waals surface area (Å²) >= 11 is 1.31. The zero-order valence-corrected chi connectivity index (χ0v) is 19.0. The summed E-state index contributed by atoms with van der Waals surface area (Å²) in [6.07, 6.45) is 1.87. The normalized spacial score (nSPS) is 12.7. The molecule has 5 nitrogen and oxygen atoms in total. The first-order valence-electron chi connectivity index (χ1n) is 10.5. The zero-order chi connectivity index (χ0) is 22.9. The van der Waals surface area contributed by atoms with E-state index in [1.54, 1.807) is 4.57 Å². The third-order valence-electron chi connectivity index (χ3n) is 5.55. The maximum Gasteiger partial charge on any atom is 0.273 e. The Bertz CT molecular complexity index is 1700. The van der Waals surface area contributed by atoms with E-state index in [1.165, 1.54) is 11.3 Å². The molecule has 0 fully saturated rings. The summed E-state index contributed by atoms with van der Waals surface area (Å²) < 4.78 is 4.63. The minimum absolute atomic E-state index is 0.159. The maximum absolute atomic E-state index is 13.6. The molecule has 2 heterocycles. The molecule has 33 heavy (non-hydrogen) atoms. The van der Waals surface area contributed by atoms with Crippen molar-refractivity contribution < 1.29 is 0 Å². The van der Waals surface area contributed by atoms with Gasteiger partial charge in [-0.25, -0.2) is 4.98 Å². The van der Waals surface area contributed by atoms with Gasteiger partial charge in [0.05, 0.1) is 21.3 Å². The van der Waals surface area contributed by atoms with Crippen LogP contribution in [0.3, 0.4) is 0 Å². The van der Waals surface area contributed by atoms with Gasteiger partial charge in [-0.1, -0.05) is 60.2 Å². The molecule has 0 saturated heterocycles. The number of para-hydroxylation sites is 3. The van der Waals surface area contributed by atoms with E-state index in [1.807, 2.05) is 103 Å². The molecule has 5 aromatic rings. The van der Waals surface area contributed by atoms with Crippen LogP contribution in [0.15, 0.2) is 83.7 Å². The first-order chi connectivity index (χ1) is 16.1. The molecule has 5 rings (SSSR count). The Hall–Kier alpha value is -4.21. The van der Waals surface area contributed by atoms with Gasteiger partial charge in [0.15, 0.2) is 5.82 Å². The summed E-state index contributed by atoms with van der Waals surface area (Å²) in [4.78, 5) is 18.3. The molecule has 0 N–H and O–H groups in total. The van der Waals surface area contributed by atoms with Crippen LogP contribution >= 0.6 is 11.3 Å². The Balaban J connectivity index is 1.88. The van der Waals surface area contributed by atoms with Crippen molar-refractivity contribution in [3.05, 3.63) is 115 Å². The lowest BCUT2D eigenvalue weighted by Gasteiger charge is -2.04. The van der Waals surface area contributed by atoms with Crippen LogP contribution in [0, 0.1) is 18.3 Å². The molecule has 160 valence electrons. The van der Waals surface area contributed by atoms with Crippen LogP contribution in [0.25, 0.3) is 28.4 Å². The Morgan fingerprint density at radius 3 is 2.39 bits per heavy atom. The van der Waals surface area contributed by atoms with Crippen LogP contribution in [0.4, 0.5) is 0 Å². The molecule has 6 heteroatoms. The highest BCUT2D eigenvalue weighted by atomic mass is 32.1. The quantitative estimate of drug-likeness (QED) is 0.423. The molecule has 0 radical (unpaired) electrons. The van der Waals surface area contributed by atoms with Gasteiger partial charge in [0.2, 0.25) is 0 Å². The Labute approximate surface area is 194 Å². The molecule has 0 aliphatic carbocycles. The molecule has 0 amide bonds. The first-order valence-corrected chi connectivity index (χ1v) is 11.3. The smallest absolute Gasteiger partial charge is 0.273 e. The van der Waals surface area contributed by atoms with E-state index in [0.29, 0.717) is 26.3 Å². The molecule has 0 aliphatic rings. The molecular formula is C27H20N4OS. The van der Waals surface area contributed by atoms with E-state index in [4.69, 9.17) is 4.98 Å². The number of hydrogen-bond acceptors (Lipinski definition) is 4. The number of benzene rings is 3. The van der Waals surface area contributed by atoms with Crippen molar-refractivity contribution in [3.8, 4) is 11.8 Å². The second-order valence-electron chi connectivity index (χ2n) is 7.77. The number of hydrogen-bond donors (Lipinski definition) is 0. The minimum Gasteiger partial charge on any atom is -0.326 e. The predicted octanol–water partition coefficient (Wildman–Crippen LogP) is 3.65. The highest BCUT2D eigenvalue weighted by Gasteiger charge is 2.17. The summed E-state index contributed by atoms with van der Waals surface area (Å²) in [6, 6.07) is 27.5. The second-order valence-corrected chi connectivity index (χ2v) is 8.80. The molecular weight excluding hydrogens is 428 g/mol. The highest BCUT2D eigenvalue weighted by Crippen LogP contribution is 2.19. The van der Waals surface area contributed by atoms with Crippen LogP contribution in [0.5, 0.6) is 0 Å². The van der Waals surface area contributed by atoms with Gasteiger partial charge in [-0.2, -0.15) is 5.26 Å². The van der Waals surface area contributed by atoms with Crippen molar-refractivity contribution >= 4 is 34.0 Å². The molecule has 0 aliphatic heterocycles. The Kier molecular flexibility index (Phi) is 5.25. The highest BCUT2D eigenvalue weighted by molar-refractivity contribution is 7.07. The van der Waals surface area contributed by atoms with Crippen LogP contribution in [0.1, 0.15) is 17.0 Å². The Morgan fingerprint density at radius 1 is 1.00 bits per heavy atom. The van der Waals surface area contributed by atoms with E-state index in [9.17, 15) is 10.1 Å².